The number of carboxylic acids is 1. The Bertz CT molecular complexity index is 454. The fraction of sp³-hybridized carbons (Fsp3) is 0.571. The maximum atomic E-state index is 12.2. The van der Waals surface area contributed by atoms with E-state index < -0.39 is 17.8 Å². The number of aliphatic carboxylic acids is 1. The highest BCUT2D eigenvalue weighted by atomic mass is 16.4. The van der Waals surface area contributed by atoms with E-state index in [1.54, 1.807) is 18.4 Å². The van der Waals surface area contributed by atoms with Crippen molar-refractivity contribution in [1.82, 2.24) is 5.32 Å². The van der Waals surface area contributed by atoms with Crippen LogP contribution in [0.4, 0.5) is 0 Å². The van der Waals surface area contributed by atoms with Crippen LogP contribution in [0.25, 0.3) is 0 Å². The molecule has 1 aromatic rings. The lowest BCUT2D eigenvalue weighted by Crippen LogP contribution is -2.36. The van der Waals surface area contributed by atoms with Crippen molar-refractivity contribution in [3.05, 3.63) is 24.2 Å². The maximum Gasteiger partial charge on any atom is 0.307 e. The highest BCUT2D eigenvalue weighted by Crippen LogP contribution is 2.36. The Morgan fingerprint density at radius 1 is 1.42 bits per heavy atom. The van der Waals surface area contributed by atoms with Gasteiger partial charge in [-0.25, -0.2) is 0 Å². The zero-order chi connectivity index (χ0) is 14.0. The van der Waals surface area contributed by atoms with Crippen molar-refractivity contribution in [2.45, 2.75) is 32.7 Å². The van der Waals surface area contributed by atoms with E-state index in [-0.39, 0.29) is 17.9 Å². The highest BCUT2D eigenvalue weighted by Gasteiger charge is 2.41. The minimum absolute atomic E-state index is 0.194. The van der Waals surface area contributed by atoms with Crippen molar-refractivity contribution in [1.29, 1.82) is 0 Å². The molecule has 1 amide bonds. The Hall–Kier alpha value is -1.78. The normalized spacial score (nSPS) is 28.0. The fourth-order valence-electron chi connectivity index (χ4n) is 2.78. The first-order valence-electron chi connectivity index (χ1n) is 6.55. The molecule has 1 aromatic heterocycles. The Morgan fingerprint density at radius 3 is 2.68 bits per heavy atom. The summed E-state index contributed by atoms with van der Waals surface area (Å²) in [6.07, 6.45) is 2.76. The van der Waals surface area contributed by atoms with Gasteiger partial charge < -0.3 is 14.8 Å². The molecule has 2 N–H and O–H groups in total. The van der Waals surface area contributed by atoms with Gasteiger partial charge in [0.15, 0.2) is 0 Å². The first-order valence-corrected chi connectivity index (χ1v) is 6.55. The SMILES string of the molecule is CC1CC(C(=O)O)C(C(=O)NC(C)c2ccco2)C1. The summed E-state index contributed by atoms with van der Waals surface area (Å²) in [5, 5.41) is 12.0. The van der Waals surface area contributed by atoms with Gasteiger partial charge >= 0.3 is 5.97 Å². The van der Waals surface area contributed by atoms with Gasteiger partial charge in [0.2, 0.25) is 5.91 Å². The van der Waals surface area contributed by atoms with Gasteiger partial charge in [0.1, 0.15) is 5.76 Å². The molecule has 0 bridgehead atoms. The molecule has 2 rings (SSSR count). The number of amides is 1. The molecule has 19 heavy (non-hydrogen) atoms. The van der Waals surface area contributed by atoms with E-state index >= 15 is 0 Å². The molecule has 0 spiro atoms. The molecule has 0 aliphatic heterocycles. The zero-order valence-electron chi connectivity index (χ0n) is 11.1. The zero-order valence-corrected chi connectivity index (χ0v) is 11.1. The maximum absolute atomic E-state index is 12.2. The molecule has 0 radical (unpaired) electrons. The number of hydrogen-bond donors (Lipinski definition) is 2. The van der Waals surface area contributed by atoms with E-state index in [0.29, 0.717) is 18.6 Å². The summed E-state index contributed by atoms with van der Waals surface area (Å²) in [4.78, 5) is 23.4. The molecule has 5 nitrogen and oxygen atoms in total. The van der Waals surface area contributed by atoms with Crippen LogP contribution in [-0.2, 0) is 9.59 Å². The van der Waals surface area contributed by atoms with Crippen LogP contribution in [0, 0.1) is 17.8 Å². The summed E-state index contributed by atoms with van der Waals surface area (Å²) in [5.41, 5.74) is 0. The Balaban J connectivity index is 2.01. The first kappa shape index (κ1) is 13.6. The lowest BCUT2D eigenvalue weighted by atomic mass is 9.95. The van der Waals surface area contributed by atoms with Crippen LogP contribution in [0.2, 0.25) is 0 Å². The van der Waals surface area contributed by atoms with Crippen LogP contribution in [0.3, 0.4) is 0 Å². The first-order chi connectivity index (χ1) is 8.99. The average Bonchev–Trinajstić information content (AvgIpc) is 2.96. The summed E-state index contributed by atoms with van der Waals surface area (Å²) in [5.74, 6) is -1.14. The molecular formula is C14H19NO4. The molecule has 104 valence electrons. The summed E-state index contributed by atoms with van der Waals surface area (Å²) < 4.78 is 5.22. The summed E-state index contributed by atoms with van der Waals surface area (Å²) in [6, 6.07) is 3.31. The molecule has 0 aromatic carbocycles. The van der Waals surface area contributed by atoms with Crippen molar-refractivity contribution < 1.29 is 19.1 Å². The minimum atomic E-state index is -0.879. The molecule has 1 aliphatic rings. The van der Waals surface area contributed by atoms with Crippen LogP contribution in [-0.4, -0.2) is 17.0 Å². The number of rotatable bonds is 4. The van der Waals surface area contributed by atoms with E-state index in [1.165, 1.54) is 0 Å². The van der Waals surface area contributed by atoms with Crippen molar-refractivity contribution in [3.63, 3.8) is 0 Å². The van der Waals surface area contributed by atoms with Crippen molar-refractivity contribution in [2.75, 3.05) is 0 Å². The molecule has 4 unspecified atom stereocenters. The van der Waals surface area contributed by atoms with E-state index in [9.17, 15) is 9.59 Å². The van der Waals surface area contributed by atoms with Crippen LogP contribution in [0.5, 0.6) is 0 Å². The second-order valence-corrected chi connectivity index (χ2v) is 5.37. The molecule has 4 atom stereocenters. The van der Waals surface area contributed by atoms with Gasteiger partial charge in [-0.05, 0) is 37.8 Å². The Labute approximate surface area is 112 Å². The van der Waals surface area contributed by atoms with Gasteiger partial charge in [-0.2, -0.15) is 0 Å². The predicted octanol–water partition coefficient (Wildman–Crippen LogP) is 2.20. The number of carboxylic acid groups (broad SMARTS) is 1. The van der Waals surface area contributed by atoms with Gasteiger partial charge in [0, 0.05) is 0 Å². The molecule has 1 heterocycles. The third kappa shape index (κ3) is 2.97. The summed E-state index contributed by atoms with van der Waals surface area (Å²) in [6.45, 7) is 3.81. The van der Waals surface area contributed by atoms with E-state index in [1.807, 2.05) is 13.8 Å². The molecular weight excluding hydrogens is 246 g/mol. The van der Waals surface area contributed by atoms with Gasteiger partial charge in [-0.15, -0.1) is 0 Å². The summed E-state index contributed by atoms with van der Waals surface area (Å²) >= 11 is 0. The lowest BCUT2D eigenvalue weighted by molar-refractivity contribution is -0.146. The minimum Gasteiger partial charge on any atom is -0.481 e. The highest BCUT2D eigenvalue weighted by molar-refractivity contribution is 5.85. The van der Waals surface area contributed by atoms with Crippen LogP contribution < -0.4 is 5.32 Å². The molecule has 1 saturated carbocycles. The molecule has 5 heteroatoms. The number of nitrogens with one attached hydrogen (secondary N) is 1. The molecule has 1 fully saturated rings. The second kappa shape index (κ2) is 5.47. The number of hydrogen-bond acceptors (Lipinski definition) is 3. The number of furan rings is 1. The van der Waals surface area contributed by atoms with E-state index in [4.69, 9.17) is 9.52 Å². The second-order valence-electron chi connectivity index (χ2n) is 5.37. The molecule has 0 saturated heterocycles. The van der Waals surface area contributed by atoms with Gasteiger partial charge in [-0.3, -0.25) is 9.59 Å². The van der Waals surface area contributed by atoms with Gasteiger partial charge in [-0.1, -0.05) is 6.92 Å². The van der Waals surface area contributed by atoms with E-state index in [0.717, 1.165) is 0 Å². The van der Waals surface area contributed by atoms with Crippen LogP contribution in [0.15, 0.2) is 22.8 Å². The predicted molar refractivity (Wildman–Crippen MR) is 68.3 cm³/mol. The standard InChI is InChI=1S/C14H19NO4/c1-8-6-10(11(7-8)14(17)18)13(16)15-9(2)12-4-3-5-19-12/h3-5,8-11H,6-7H2,1-2H3,(H,15,16)(H,17,18). The Kier molecular flexibility index (Phi) is 3.93. The van der Waals surface area contributed by atoms with Crippen LogP contribution in [0.1, 0.15) is 38.5 Å². The Morgan fingerprint density at radius 2 is 2.11 bits per heavy atom. The fourth-order valence-corrected chi connectivity index (χ4v) is 2.78. The van der Waals surface area contributed by atoms with Crippen molar-refractivity contribution >= 4 is 11.9 Å². The average molecular weight is 265 g/mol. The smallest absolute Gasteiger partial charge is 0.307 e. The van der Waals surface area contributed by atoms with E-state index in [2.05, 4.69) is 5.32 Å². The van der Waals surface area contributed by atoms with Crippen molar-refractivity contribution in [3.8, 4) is 0 Å². The largest absolute Gasteiger partial charge is 0.481 e. The third-order valence-electron chi connectivity index (χ3n) is 3.78. The monoisotopic (exact) mass is 265 g/mol. The lowest BCUT2D eigenvalue weighted by Gasteiger charge is -2.18. The van der Waals surface area contributed by atoms with Crippen LogP contribution >= 0.6 is 0 Å². The molecule has 1 aliphatic carbocycles. The third-order valence-corrected chi connectivity index (χ3v) is 3.78. The summed E-state index contributed by atoms with van der Waals surface area (Å²) in [7, 11) is 0. The quantitative estimate of drug-likeness (QED) is 0.874. The number of carbonyl (C=O) groups excluding carboxylic acids is 1. The van der Waals surface area contributed by atoms with Gasteiger partial charge in [0.05, 0.1) is 24.1 Å². The van der Waals surface area contributed by atoms with Crippen molar-refractivity contribution in [2.24, 2.45) is 17.8 Å². The topological polar surface area (TPSA) is 79.5 Å². The number of carbonyl (C=O) groups is 2. The van der Waals surface area contributed by atoms with Gasteiger partial charge in [0.25, 0.3) is 0 Å².